The van der Waals surface area contributed by atoms with Crippen molar-refractivity contribution in [2.24, 2.45) is 0 Å². The molecule has 0 aromatic heterocycles. The minimum absolute atomic E-state index is 0.308. The molecule has 0 heterocycles. The van der Waals surface area contributed by atoms with Crippen molar-refractivity contribution in [3.8, 4) is 5.75 Å². The molecule has 1 atom stereocenters. The zero-order valence-electron chi connectivity index (χ0n) is 10.9. The summed E-state index contributed by atoms with van der Waals surface area (Å²) in [5.41, 5.74) is 2.33. The van der Waals surface area contributed by atoms with E-state index in [1.807, 2.05) is 30.3 Å². The summed E-state index contributed by atoms with van der Waals surface area (Å²) in [6, 6.07) is 18.8. The van der Waals surface area contributed by atoms with Crippen LogP contribution in [0.1, 0.15) is 24.9 Å². The molecule has 0 spiro atoms. The minimum atomic E-state index is 0.308. The summed E-state index contributed by atoms with van der Waals surface area (Å²) in [6.07, 6.45) is 1.03. The molecule has 0 aliphatic rings. The average molecular weight is 241 g/mol. The number of anilines is 1. The van der Waals surface area contributed by atoms with Crippen molar-refractivity contribution < 1.29 is 4.74 Å². The van der Waals surface area contributed by atoms with Crippen LogP contribution in [0.15, 0.2) is 54.6 Å². The molecule has 2 aromatic rings. The smallest absolute Gasteiger partial charge is 0.141 e. The standard InChI is InChI=1S/C16H19NO/c1-3-14(13-9-5-4-6-10-13)17-15-11-7-8-12-16(15)18-2/h4-12,14,17H,3H2,1-2H3/t14-/m1/s1. The highest BCUT2D eigenvalue weighted by Crippen LogP contribution is 2.29. The number of nitrogens with one attached hydrogen (secondary N) is 1. The van der Waals surface area contributed by atoms with Crippen LogP contribution in [-0.4, -0.2) is 7.11 Å². The largest absolute Gasteiger partial charge is 0.495 e. The van der Waals surface area contributed by atoms with Crippen molar-refractivity contribution in [1.82, 2.24) is 0 Å². The third kappa shape index (κ3) is 2.83. The van der Waals surface area contributed by atoms with Gasteiger partial charge in [-0.3, -0.25) is 0 Å². The quantitative estimate of drug-likeness (QED) is 0.844. The van der Waals surface area contributed by atoms with E-state index in [9.17, 15) is 0 Å². The lowest BCUT2D eigenvalue weighted by Gasteiger charge is -2.20. The average Bonchev–Trinajstić information content (AvgIpc) is 2.46. The van der Waals surface area contributed by atoms with Gasteiger partial charge in [0, 0.05) is 0 Å². The van der Waals surface area contributed by atoms with Crippen molar-refractivity contribution >= 4 is 5.69 Å². The molecule has 0 saturated carbocycles. The van der Waals surface area contributed by atoms with Crippen molar-refractivity contribution in [2.45, 2.75) is 19.4 Å². The van der Waals surface area contributed by atoms with E-state index in [0.717, 1.165) is 17.9 Å². The summed E-state index contributed by atoms with van der Waals surface area (Å²) in [5, 5.41) is 3.54. The SMILES string of the molecule is CC[C@@H](Nc1ccccc1OC)c1ccccc1. The van der Waals surface area contributed by atoms with Gasteiger partial charge >= 0.3 is 0 Å². The second kappa shape index (κ2) is 6.10. The molecule has 0 unspecified atom stereocenters. The topological polar surface area (TPSA) is 21.3 Å². The summed E-state index contributed by atoms with van der Waals surface area (Å²) in [4.78, 5) is 0. The number of methoxy groups -OCH3 is 1. The van der Waals surface area contributed by atoms with Gasteiger partial charge in [-0.1, -0.05) is 49.4 Å². The predicted octanol–water partition coefficient (Wildman–Crippen LogP) is 4.26. The molecule has 0 fully saturated rings. The highest BCUT2D eigenvalue weighted by atomic mass is 16.5. The van der Waals surface area contributed by atoms with Crippen LogP contribution in [-0.2, 0) is 0 Å². The maximum Gasteiger partial charge on any atom is 0.141 e. The molecule has 0 saturated heterocycles. The molecular weight excluding hydrogens is 222 g/mol. The van der Waals surface area contributed by atoms with Gasteiger partial charge in [0.25, 0.3) is 0 Å². The fourth-order valence-corrected chi connectivity index (χ4v) is 2.06. The van der Waals surface area contributed by atoms with Gasteiger partial charge in [-0.05, 0) is 24.1 Å². The Balaban J connectivity index is 2.21. The first-order valence-corrected chi connectivity index (χ1v) is 6.29. The van der Waals surface area contributed by atoms with Crippen molar-refractivity contribution in [1.29, 1.82) is 0 Å². The predicted molar refractivity (Wildman–Crippen MR) is 76.1 cm³/mol. The number of hydrogen-bond acceptors (Lipinski definition) is 2. The van der Waals surface area contributed by atoms with Crippen LogP contribution in [0, 0.1) is 0 Å². The molecule has 0 amide bonds. The van der Waals surface area contributed by atoms with E-state index >= 15 is 0 Å². The van der Waals surface area contributed by atoms with Gasteiger partial charge in [0.2, 0.25) is 0 Å². The van der Waals surface area contributed by atoms with E-state index < -0.39 is 0 Å². The fourth-order valence-electron chi connectivity index (χ4n) is 2.06. The Labute approximate surface area is 109 Å². The fraction of sp³-hybridized carbons (Fsp3) is 0.250. The number of benzene rings is 2. The van der Waals surface area contributed by atoms with Gasteiger partial charge in [0.15, 0.2) is 0 Å². The number of hydrogen-bond donors (Lipinski definition) is 1. The summed E-state index contributed by atoms with van der Waals surface area (Å²) in [5.74, 6) is 0.881. The zero-order valence-corrected chi connectivity index (χ0v) is 10.9. The zero-order chi connectivity index (χ0) is 12.8. The van der Waals surface area contributed by atoms with Gasteiger partial charge in [-0.15, -0.1) is 0 Å². The molecule has 0 radical (unpaired) electrons. The lowest BCUT2D eigenvalue weighted by molar-refractivity contribution is 0.416. The molecule has 0 aliphatic carbocycles. The van der Waals surface area contributed by atoms with Crippen molar-refractivity contribution in [3.63, 3.8) is 0 Å². The number of rotatable bonds is 5. The van der Waals surface area contributed by atoms with Gasteiger partial charge in [-0.2, -0.15) is 0 Å². The lowest BCUT2D eigenvalue weighted by Crippen LogP contribution is -2.10. The third-order valence-corrected chi connectivity index (χ3v) is 3.05. The molecule has 1 N–H and O–H groups in total. The van der Waals surface area contributed by atoms with Crippen LogP contribution in [0.3, 0.4) is 0 Å². The van der Waals surface area contributed by atoms with E-state index in [2.05, 4.69) is 36.5 Å². The first kappa shape index (κ1) is 12.5. The molecule has 0 bridgehead atoms. The second-order valence-corrected chi connectivity index (χ2v) is 4.22. The Hall–Kier alpha value is -1.96. The molecule has 2 nitrogen and oxygen atoms in total. The highest BCUT2D eigenvalue weighted by Gasteiger charge is 2.10. The van der Waals surface area contributed by atoms with E-state index in [1.165, 1.54) is 5.56 Å². The van der Waals surface area contributed by atoms with Crippen molar-refractivity contribution in [3.05, 3.63) is 60.2 Å². The Bertz CT molecular complexity index is 481. The second-order valence-electron chi connectivity index (χ2n) is 4.22. The maximum absolute atomic E-state index is 5.36. The van der Waals surface area contributed by atoms with E-state index in [4.69, 9.17) is 4.74 Å². The summed E-state index contributed by atoms with van der Waals surface area (Å²) >= 11 is 0. The Morgan fingerprint density at radius 1 is 1.00 bits per heavy atom. The normalized spacial score (nSPS) is 11.9. The van der Waals surface area contributed by atoms with Gasteiger partial charge < -0.3 is 10.1 Å². The Kier molecular flexibility index (Phi) is 4.24. The van der Waals surface area contributed by atoms with Crippen LogP contribution in [0.25, 0.3) is 0 Å². The summed E-state index contributed by atoms with van der Waals surface area (Å²) < 4.78 is 5.36. The molecular formula is C16H19NO. The monoisotopic (exact) mass is 241 g/mol. The summed E-state index contributed by atoms with van der Waals surface area (Å²) in [6.45, 7) is 2.18. The summed E-state index contributed by atoms with van der Waals surface area (Å²) in [7, 11) is 1.70. The van der Waals surface area contributed by atoms with Crippen LogP contribution >= 0.6 is 0 Å². The van der Waals surface area contributed by atoms with E-state index in [-0.39, 0.29) is 0 Å². The first-order valence-electron chi connectivity index (χ1n) is 6.29. The first-order chi connectivity index (χ1) is 8.85. The van der Waals surface area contributed by atoms with Gasteiger partial charge in [0.05, 0.1) is 18.8 Å². The van der Waals surface area contributed by atoms with E-state index in [1.54, 1.807) is 7.11 Å². The molecule has 18 heavy (non-hydrogen) atoms. The van der Waals surface area contributed by atoms with Crippen LogP contribution < -0.4 is 10.1 Å². The van der Waals surface area contributed by atoms with Crippen LogP contribution in [0.5, 0.6) is 5.75 Å². The lowest BCUT2D eigenvalue weighted by atomic mass is 10.0. The Morgan fingerprint density at radius 3 is 2.33 bits per heavy atom. The molecule has 2 aromatic carbocycles. The molecule has 2 rings (SSSR count). The maximum atomic E-state index is 5.36. The molecule has 0 aliphatic heterocycles. The van der Waals surface area contributed by atoms with Gasteiger partial charge in [-0.25, -0.2) is 0 Å². The van der Waals surface area contributed by atoms with Crippen molar-refractivity contribution in [2.75, 3.05) is 12.4 Å². The number of ether oxygens (including phenoxy) is 1. The molecule has 94 valence electrons. The minimum Gasteiger partial charge on any atom is -0.495 e. The van der Waals surface area contributed by atoms with Gasteiger partial charge in [0.1, 0.15) is 5.75 Å². The third-order valence-electron chi connectivity index (χ3n) is 3.05. The Morgan fingerprint density at radius 2 is 1.67 bits per heavy atom. The van der Waals surface area contributed by atoms with Crippen LogP contribution in [0.4, 0.5) is 5.69 Å². The highest BCUT2D eigenvalue weighted by molar-refractivity contribution is 5.57. The van der Waals surface area contributed by atoms with Crippen LogP contribution in [0.2, 0.25) is 0 Å². The molecule has 2 heteroatoms. The number of para-hydroxylation sites is 2. The van der Waals surface area contributed by atoms with E-state index in [0.29, 0.717) is 6.04 Å².